The lowest BCUT2D eigenvalue weighted by Gasteiger charge is -2.03. The molecule has 1 rings (SSSR count). The molecule has 0 aliphatic carbocycles. The van der Waals surface area contributed by atoms with Crippen LogP contribution in [-0.2, 0) is 0 Å². The Hall–Kier alpha value is -1.57. The molecule has 0 fully saturated rings. The molecular weight excluding hydrogens is 153 g/mol. The van der Waals surface area contributed by atoms with Crippen molar-refractivity contribution in [2.75, 3.05) is 5.73 Å². The van der Waals surface area contributed by atoms with Gasteiger partial charge in [0.15, 0.2) is 0 Å². The third-order valence-electron chi connectivity index (χ3n) is 1.61. The van der Waals surface area contributed by atoms with Gasteiger partial charge in [0.2, 0.25) is 0 Å². The molecule has 0 bridgehead atoms. The van der Waals surface area contributed by atoms with Gasteiger partial charge < -0.3 is 5.73 Å². The molecule has 0 amide bonds. The van der Waals surface area contributed by atoms with Gasteiger partial charge in [-0.1, -0.05) is 19.2 Å². The molecule has 1 aromatic carbocycles. The highest BCUT2D eigenvalue weighted by atomic mass is 19.1. The SMILES string of the molecule is C=CC(=C)c1ccc(F)cc1N. The summed E-state index contributed by atoms with van der Waals surface area (Å²) in [7, 11) is 0. The number of allylic oxidation sites excluding steroid dienone is 2. The van der Waals surface area contributed by atoms with Gasteiger partial charge in [-0.05, 0) is 23.8 Å². The van der Waals surface area contributed by atoms with Crippen LogP contribution >= 0.6 is 0 Å². The number of anilines is 1. The molecule has 0 aliphatic rings. The highest BCUT2D eigenvalue weighted by Crippen LogP contribution is 2.21. The third kappa shape index (κ3) is 1.53. The Labute approximate surface area is 71.0 Å². The number of rotatable bonds is 2. The van der Waals surface area contributed by atoms with Crippen molar-refractivity contribution in [1.82, 2.24) is 0 Å². The Balaban J connectivity index is 3.18. The minimum Gasteiger partial charge on any atom is -0.398 e. The first kappa shape index (κ1) is 8.53. The number of benzene rings is 1. The van der Waals surface area contributed by atoms with E-state index < -0.39 is 0 Å². The molecule has 0 aliphatic heterocycles. The van der Waals surface area contributed by atoms with Crippen LogP contribution in [0.15, 0.2) is 37.4 Å². The molecule has 62 valence electrons. The highest BCUT2D eigenvalue weighted by Gasteiger charge is 2.00. The van der Waals surface area contributed by atoms with Crippen LogP contribution in [0.5, 0.6) is 0 Å². The highest BCUT2D eigenvalue weighted by molar-refractivity contribution is 5.79. The van der Waals surface area contributed by atoms with E-state index >= 15 is 0 Å². The maximum absolute atomic E-state index is 12.6. The number of hydrogen-bond donors (Lipinski definition) is 1. The van der Waals surface area contributed by atoms with Gasteiger partial charge in [-0.25, -0.2) is 4.39 Å². The summed E-state index contributed by atoms with van der Waals surface area (Å²) in [6.07, 6.45) is 1.59. The van der Waals surface area contributed by atoms with Gasteiger partial charge in [0, 0.05) is 11.3 Å². The smallest absolute Gasteiger partial charge is 0.125 e. The molecule has 1 aromatic rings. The molecular formula is C10H10FN. The molecule has 0 radical (unpaired) electrons. The van der Waals surface area contributed by atoms with Crippen molar-refractivity contribution in [3.8, 4) is 0 Å². The fraction of sp³-hybridized carbons (Fsp3) is 0. The Bertz CT molecular complexity index is 329. The standard InChI is InChI=1S/C10H10FN/c1-3-7(2)9-5-4-8(11)6-10(9)12/h3-6H,1-2,12H2. The van der Waals surface area contributed by atoms with Crippen LogP contribution in [-0.4, -0.2) is 0 Å². The summed E-state index contributed by atoms with van der Waals surface area (Å²) in [5.41, 5.74) is 7.37. The number of nitrogens with two attached hydrogens (primary N) is 1. The van der Waals surface area contributed by atoms with Crippen LogP contribution in [0.25, 0.3) is 5.57 Å². The molecule has 12 heavy (non-hydrogen) atoms. The minimum absolute atomic E-state index is 0.340. The summed E-state index contributed by atoms with van der Waals surface area (Å²) < 4.78 is 12.6. The molecule has 0 saturated heterocycles. The Morgan fingerprint density at radius 1 is 1.50 bits per heavy atom. The van der Waals surface area contributed by atoms with Gasteiger partial charge in [-0.15, -0.1) is 0 Å². The van der Waals surface area contributed by atoms with Crippen LogP contribution < -0.4 is 5.73 Å². The molecule has 1 nitrogen and oxygen atoms in total. The molecule has 2 N–H and O–H groups in total. The summed E-state index contributed by atoms with van der Waals surface area (Å²) in [6, 6.07) is 4.21. The van der Waals surface area contributed by atoms with E-state index in [1.54, 1.807) is 12.1 Å². The van der Waals surface area contributed by atoms with Crippen molar-refractivity contribution in [1.29, 1.82) is 0 Å². The molecule has 0 saturated carbocycles. The van der Waals surface area contributed by atoms with E-state index in [1.807, 2.05) is 0 Å². The second kappa shape index (κ2) is 3.22. The van der Waals surface area contributed by atoms with Crippen LogP contribution in [0.3, 0.4) is 0 Å². The molecule has 0 atom stereocenters. The molecule has 0 unspecified atom stereocenters. The maximum Gasteiger partial charge on any atom is 0.125 e. The zero-order valence-corrected chi connectivity index (χ0v) is 6.68. The summed E-state index contributed by atoms with van der Waals surface area (Å²) in [4.78, 5) is 0. The maximum atomic E-state index is 12.6. The van der Waals surface area contributed by atoms with Gasteiger partial charge in [-0.3, -0.25) is 0 Å². The van der Waals surface area contributed by atoms with Gasteiger partial charge in [-0.2, -0.15) is 0 Å². The Kier molecular flexibility index (Phi) is 2.29. The molecule has 0 spiro atoms. The number of halogens is 1. The monoisotopic (exact) mass is 163 g/mol. The van der Waals surface area contributed by atoms with Crippen molar-refractivity contribution in [2.45, 2.75) is 0 Å². The lowest BCUT2D eigenvalue weighted by molar-refractivity contribution is 0.628. The lowest BCUT2D eigenvalue weighted by Crippen LogP contribution is -1.92. The van der Waals surface area contributed by atoms with Crippen molar-refractivity contribution in [3.05, 3.63) is 48.8 Å². The second-order valence-electron chi connectivity index (χ2n) is 2.46. The van der Waals surface area contributed by atoms with Gasteiger partial charge in [0.25, 0.3) is 0 Å². The summed E-state index contributed by atoms with van der Waals surface area (Å²) >= 11 is 0. The molecule has 0 aromatic heterocycles. The van der Waals surface area contributed by atoms with Crippen molar-refractivity contribution in [3.63, 3.8) is 0 Å². The molecule has 2 heteroatoms. The first-order valence-corrected chi connectivity index (χ1v) is 3.52. The summed E-state index contributed by atoms with van der Waals surface area (Å²) in [5.74, 6) is -0.340. The average molecular weight is 163 g/mol. The predicted molar refractivity (Wildman–Crippen MR) is 50.0 cm³/mol. The van der Waals surface area contributed by atoms with Gasteiger partial charge >= 0.3 is 0 Å². The van der Waals surface area contributed by atoms with Crippen LogP contribution in [0.1, 0.15) is 5.56 Å². The normalized spacial score (nSPS) is 9.42. The topological polar surface area (TPSA) is 26.0 Å². The van der Waals surface area contributed by atoms with Crippen LogP contribution in [0.2, 0.25) is 0 Å². The van der Waals surface area contributed by atoms with Crippen LogP contribution in [0, 0.1) is 5.82 Å². The predicted octanol–water partition coefficient (Wildman–Crippen LogP) is 2.61. The first-order chi connectivity index (χ1) is 5.65. The van der Waals surface area contributed by atoms with E-state index in [4.69, 9.17) is 5.73 Å². The zero-order valence-electron chi connectivity index (χ0n) is 6.68. The third-order valence-corrected chi connectivity index (χ3v) is 1.61. The van der Waals surface area contributed by atoms with E-state index in [0.717, 1.165) is 5.56 Å². The van der Waals surface area contributed by atoms with Crippen molar-refractivity contribution < 1.29 is 4.39 Å². The second-order valence-corrected chi connectivity index (χ2v) is 2.46. The quantitative estimate of drug-likeness (QED) is 0.526. The summed E-state index contributed by atoms with van der Waals surface area (Å²) in [5, 5.41) is 0. The average Bonchev–Trinajstić information content (AvgIpc) is 2.03. The first-order valence-electron chi connectivity index (χ1n) is 3.52. The van der Waals surface area contributed by atoms with E-state index in [2.05, 4.69) is 13.2 Å². The fourth-order valence-electron chi connectivity index (χ4n) is 0.936. The fourth-order valence-corrected chi connectivity index (χ4v) is 0.936. The lowest BCUT2D eigenvalue weighted by atomic mass is 10.1. The Morgan fingerprint density at radius 3 is 2.67 bits per heavy atom. The Morgan fingerprint density at radius 2 is 2.17 bits per heavy atom. The van der Waals surface area contributed by atoms with Gasteiger partial charge in [0.1, 0.15) is 5.82 Å². The van der Waals surface area contributed by atoms with E-state index in [-0.39, 0.29) is 5.82 Å². The van der Waals surface area contributed by atoms with Crippen molar-refractivity contribution in [2.24, 2.45) is 0 Å². The summed E-state index contributed by atoms with van der Waals surface area (Å²) in [6.45, 7) is 7.27. The minimum atomic E-state index is -0.340. The van der Waals surface area contributed by atoms with E-state index in [9.17, 15) is 4.39 Å². The van der Waals surface area contributed by atoms with Crippen molar-refractivity contribution >= 4 is 11.3 Å². The van der Waals surface area contributed by atoms with E-state index in [1.165, 1.54) is 12.1 Å². The zero-order chi connectivity index (χ0) is 9.14. The largest absolute Gasteiger partial charge is 0.398 e. The number of nitrogen functional groups attached to an aromatic ring is 1. The molecule has 0 heterocycles. The van der Waals surface area contributed by atoms with E-state index in [0.29, 0.717) is 11.3 Å². The van der Waals surface area contributed by atoms with Crippen LogP contribution in [0.4, 0.5) is 10.1 Å². The number of hydrogen-bond acceptors (Lipinski definition) is 1. The van der Waals surface area contributed by atoms with Gasteiger partial charge in [0.05, 0.1) is 0 Å².